The van der Waals surface area contributed by atoms with Gasteiger partial charge in [0.1, 0.15) is 11.6 Å². The van der Waals surface area contributed by atoms with Gasteiger partial charge in [-0.3, -0.25) is 4.79 Å². The molecule has 34 heavy (non-hydrogen) atoms. The van der Waals surface area contributed by atoms with E-state index in [2.05, 4.69) is 34.4 Å². The van der Waals surface area contributed by atoms with E-state index in [4.69, 9.17) is 4.98 Å². The van der Waals surface area contributed by atoms with Crippen molar-refractivity contribution in [3.05, 3.63) is 48.5 Å². The fourth-order valence-electron chi connectivity index (χ4n) is 5.13. The molecule has 0 saturated carbocycles. The number of halogens is 1. The number of hydrogen-bond donors (Lipinski definition) is 0. The number of carbonyl (C=O) groups excluding carboxylic acids is 1. The van der Waals surface area contributed by atoms with Crippen LogP contribution in [0.25, 0.3) is 16.6 Å². The molecule has 0 radical (unpaired) electrons. The zero-order chi connectivity index (χ0) is 24.2. The van der Waals surface area contributed by atoms with Gasteiger partial charge in [0.2, 0.25) is 5.91 Å². The topological polar surface area (TPSA) is 44.6 Å². The summed E-state index contributed by atoms with van der Waals surface area (Å²) in [5.41, 5.74) is 2.56. The zero-order valence-electron chi connectivity index (χ0n) is 20.8. The molecule has 0 spiro atoms. The second-order valence-electron chi connectivity index (χ2n) is 10.8. The van der Waals surface area contributed by atoms with Crippen LogP contribution in [0.4, 0.5) is 15.9 Å². The summed E-state index contributed by atoms with van der Waals surface area (Å²) in [5.74, 6) is 0.883. The summed E-state index contributed by atoms with van der Waals surface area (Å²) in [6.07, 6.45) is 5.14. The minimum Gasteiger partial charge on any atom is -0.370 e. The average Bonchev–Trinajstić information content (AvgIpc) is 3.12. The van der Waals surface area contributed by atoms with Gasteiger partial charge < -0.3 is 19.3 Å². The van der Waals surface area contributed by atoms with Crippen molar-refractivity contribution in [2.75, 3.05) is 36.0 Å². The number of amides is 1. The molecule has 3 aromatic rings. The van der Waals surface area contributed by atoms with E-state index in [-0.39, 0.29) is 23.8 Å². The predicted octanol–water partition coefficient (Wildman–Crippen LogP) is 4.85. The largest absolute Gasteiger partial charge is 0.370 e. The van der Waals surface area contributed by atoms with Gasteiger partial charge in [0.15, 0.2) is 0 Å². The summed E-state index contributed by atoms with van der Waals surface area (Å²) in [5, 5.41) is 1.10. The molecule has 4 heterocycles. The van der Waals surface area contributed by atoms with Gasteiger partial charge in [-0.05, 0) is 44.5 Å². The number of nitrogens with zero attached hydrogens (tertiary/aromatic N) is 5. The number of carbonyl (C=O) groups is 1. The molecule has 7 heteroatoms. The van der Waals surface area contributed by atoms with Gasteiger partial charge in [0, 0.05) is 61.8 Å². The van der Waals surface area contributed by atoms with Crippen molar-refractivity contribution >= 4 is 28.3 Å². The van der Waals surface area contributed by atoms with Crippen LogP contribution in [0, 0.1) is 11.2 Å². The number of pyridine rings is 1. The van der Waals surface area contributed by atoms with Crippen LogP contribution in [-0.4, -0.2) is 58.6 Å². The Balaban J connectivity index is 1.59. The summed E-state index contributed by atoms with van der Waals surface area (Å²) in [6, 6.07) is 8.95. The maximum absolute atomic E-state index is 14.1. The van der Waals surface area contributed by atoms with Crippen LogP contribution in [0.3, 0.4) is 0 Å². The molecular weight excluding hydrogens is 429 g/mol. The highest BCUT2D eigenvalue weighted by atomic mass is 19.1. The number of fused-ring (bicyclic) bond motifs is 1. The predicted molar refractivity (Wildman–Crippen MR) is 135 cm³/mol. The number of rotatable bonds is 3. The SMILES string of the molecule is C[C@@H]1CN(c2nccc3c2c(N2CCC2)cn3-c2cccc(F)c2)[C@@H](C)CN1C(=O)C(C)(C)C. The Hall–Kier alpha value is -3.09. The van der Waals surface area contributed by atoms with E-state index in [0.29, 0.717) is 6.54 Å². The summed E-state index contributed by atoms with van der Waals surface area (Å²) >= 11 is 0. The molecule has 6 nitrogen and oxygen atoms in total. The van der Waals surface area contributed by atoms with Gasteiger partial charge in [0.25, 0.3) is 0 Å². The van der Waals surface area contributed by atoms with Crippen LogP contribution >= 0.6 is 0 Å². The van der Waals surface area contributed by atoms with Crippen molar-refractivity contribution in [1.82, 2.24) is 14.5 Å². The molecule has 0 bridgehead atoms. The molecule has 0 N–H and O–H groups in total. The fraction of sp³-hybridized carbons (Fsp3) is 0.481. The lowest BCUT2D eigenvalue weighted by Gasteiger charge is -2.46. The first-order valence-corrected chi connectivity index (χ1v) is 12.2. The van der Waals surface area contributed by atoms with E-state index < -0.39 is 5.41 Å². The summed E-state index contributed by atoms with van der Waals surface area (Å²) < 4.78 is 16.1. The molecule has 1 amide bonds. The zero-order valence-corrected chi connectivity index (χ0v) is 20.8. The van der Waals surface area contributed by atoms with E-state index in [9.17, 15) is 9.18 Å². The number of benzene rings is 1. The Morgan fingerprint density at radius 2 is 1.85 bits per heavy atom. The van der Waals surface area contributed by atoms with Crippen LogP contribution in [0.15, 0.2) is 42.7 Å². The lowest BCUT2D eigenvalue weighted by molar-refractivity contribution is -0.142. The molecule has 2 aromatic heterocycles. The van der Waals surface area contributed by atoms with Gasteiger partial charge in [-0.15, -0.1) is 0 Å². The number of piperazine rings is 1. The summed E-state index contributed by atoms with van der Waals surface area (Å²) in [7, 11) is 0. The number of aromatic nitrogens is 2. The first kappa shape index (κ1) is 22.7. The van der Waals surface area contributed by atoms with Crippen LogP contribution in [-0.2, 0) is 4.79 Å². The minimum absolute atomic E-state index is 0.0812. The van der Waals surface area contributed by atoms with E-state index in [1.54, 1.807) is 12.1 Å². The van der Waals surface area contributed by atoms with Gasteiger partial charge in [-0.1, -0.05) is 26.8 Å². The molecular formula is C27H34FN5O. The maximum Gasteiger partial charge on any atom is 0.228 e. The smallest absolute Gasteiger partial charge is 0.228 e. The highest BCUT2D eigenvalue weighted by Crippen LogP contribution is 2.40. The van der Waals surface area contributed by atoms with Crippen molar-refractivity contribution in [3.8, 4) is 5.69 Å². The van der Waals surface area contributed by atoms with E-state index in [1.165, 1.54) is 12.5 Å². The first-order valence-electron chi connectivity index (χ1n) is 12.2. The van der Waals surface area contributed by atoms with E-state index >= 15 is 0 Å². The van der Waals surface area contributed by atoms with Crippen molar-refractivity contribution in [2.24, 2.45) is 5.41 Å². The molecule has 1 aromatic carbocycles. The van der Waals surface area contributed by atoms with Crippen LogP contribution in [0.2, 0.25) is 0 Å². The third-order valence-corrected chi connectivity index (χ3v) is 7.12. The second kappa shape index (κ2) is 8.29. The molecule has 2 atom stereocenters. The quantitative estimate of drug-likeness (QED) is 0.557. The van der Waals surface area contributed by atoms with Gasteiger partial charge in [-0.25, -0.2) is 9.37 Å². The molecule has 2 fully saturated rings. The molecule has 180 valence electrons. The third kappa shape index (κ3) is 3.81. The molecule has 2 aliphatic heterocycles. The Labute approximate surface area is 201 Å². The molecule has 2 aliphatic rings. The van der Waals surface area contributed by atoms with Crippen molar-refractivity contribution in [1.29, 1.82) is 0 Å². The lowest BCUT2D eigenvalue weighted by Crippen LogP contribution is -2.60. The Morgan fingerprint density at radius 1 is 1.09 bits per heavy atom. The summed E-state index contributed by atoms with van der Waals surface area (Å²) in [4.78, 5) is 24.7. The van der Waals surface area contributed by atoms with Crippen molar-refractivity contribution in [3.63, 3.8) is 0 Å². The highest BCUT2D eigenvalue weighted by Gasteiger charge is 2.38. The van der Waals surface area contributed by atoms with Gasteiger partial charge in [0.05, 0.1) is 16.6 Å². The van der Waals surface area contributed by atoms with Crippen LogP contribution in [0.5, 0.6) is 0 Å². The van der Waals surface area contributed by atoms with Gasteiger partial charge in [-0.2, -0.15) is 0 Å². The first-order chi connectivity index (χ1) is 16.1. The van der Waals surface area contributed by atoms with Crippen LogP contribution < -0.4 is 9.80 Å². The van der Waals surface area contributed by atoms with E-state index in [1.807, 2.05) is 44.0 Å². The Morgan fingerprint density at radius 3 is 2.50 bits per heavy atom. The Bertz CT molecular complexity index is 1230. The monoisotopic (exact) mass is 463 g/mol. The summed E-state index contributed by atoms with van der Waals surface area (Å²) in [6.45, 7) is 13.6. The second-order valence-corrected chi connectivity index (χ2v) is 10.8. The maximum atomic E-state index is 14.1. The Kier molecular flexibility index (Phi) is 5.53. The average molecular weight is 464 g/mol. The van der Waals surface area contributed by atoms with Gasteiger partial charge >= 0.3 is 0 Å². The highest BCUT2D eigenvalue weighted by molar-refractivity contribution is 6.03. The molecule has 0 unspecified atom stereocenters. The number of anilines is 2. The normalized spacial score (nSPS) is 21.2. The molecule has 5 rings (SSSR count). The lowest BCUT2D eigenvalue weighted by atomic mass is 9.92. The minimum atomic E-state index is -0.402. The molecule has 2 saturated heterocycles. The van der Waals surface area contributed by atoms with Crippen molar-refractivity contribution in [2.45, 2.75) is 53.1 Å². The third-order valence-electron chi connectivity index (χ3n) is 7.12. The van der Waals surface area contributed by atoms with E-state index in [0.717, 1.165) is 47.7 Å². The standard InChI is InChI=1S/C27H34FN5O/c1-18-16-32(26(34)27(3,4)5)19(2)15-31(18)25-24-22(10-11-29-25)33(17-23(24)30-12-7-13-30)21-9-6-8-20(28)14-21/h6,8-11,14,17-19H,7,12-13,15-16H2,1-5H3/t18-,19+/m0/s1. The number of hydrogen-bond acceptors (Lipinski definition) is 4. The van der Waals surface area contributed by atoms with Crippen molar-refractivity contribution < 1.29 is 9.18 Å². The molecule has 0 aliphatic carbocycles. The fourth-order valence-corrected chi connectivity index (χ4v) is 5.13. The van der Waals surface area contributed by atoms with Crippen LogP contribution in [0.1, 0.15) is 41.0 Å².